The predicted molar refractivity (Wildman–Crippen MR) is 131 cm³/mol. The number of rotatable bonds is 4. The van der Waals surface area contributed by atoms with Crippen LogP contribution < -0.4 is 10.2 Å². The summed E-state index contributed by atoms with van der Waals surface area (Å²) in [6.45, 7) is 4.08. The number of hydrogen-bond acceptors (Lipinski definition) is 3. The second kappa shape index (κ2) is 8.33. The lowest BCUT2D eigenvalue weighted by Crippen LogP contribution is -2.30. The molecular weight excluding hydrogens is 435 g/mol. The third-order valence-corrected chi connectivity index (χ3v) is 6.42. The number of aryl methyl sites for hydroxylation is 1. The van der Waals surface area contributed by atoms with Crippen molar-refractivity contribution in [3.63, 3.8) is 0 Å². The molecule has 5 rings (SSSR count). The number of halogens is 1. The van der Waals surface area contributed by atoms with Crippen molar-refractivity contribution in [1.82, 2.24) is 14.9 Å². The van der Waals surface area contributed by atoms with E-state index in [1.807, 2.05) is 55.1 Å². The molecule has 2 aromatic heterocycles. The lowest BCUT2D eigenvalue weighted by atomic mass is 9.96. The molecule has 7 heteroatoms. The number of benzene rings is 2. The first-order valence-electron chi connectivity index (χ1n) is 10.7. The van der Waals surface area contributed by atoms with Crippen molar-refractivity contribution in [2.75, 3.05) is 4.90 Å². The molecule has 2 aromatic carbocycles. The van der Waals surface area contributed by atoms with E-state index in [1.165, 1.54) is 6.07 Å². The Morgan fingerprint density at radius 2 is 1.73 bits per heavy atom. The van der Waals surface area contributed by atoms with Crippen molar-refractivity contribution in [2.24, 2.45) is 0 Å². The number of para-hydroxylation sites is 1. The van der Waals surface area contributed by atoms with Crippen LogP contribution in [0.25, 0.3) is 5.69 Å². The Morgan fingerprint density at radius 3 is 2.42 bits per heavy atom. The van der Waals surface area contributed by atoms with Gasteiger partial charge in [-0.15, -0.1) is 0 Å². The number of phenolic OH excluding ortho intramolecular Hbond substituents is 1. The molecule has 166 valence electrons. The fraction of sp³-hybridized carbons (Fsp3) is 0.154. The molecule has 0 radical (unpaired) electrons. The second-order valence-corrected chi connectivity index (χ2v) is 8.51. The molecule has 0 spiro atoms. The summed E-state index contributed by atoms with van der Waals surface area (Å²) >= 11 is 5.71. The fourth-order valence-electron chi connectivity index (χ4n) is 4.66. The SMILES string of the molecule is Cc1cc([C@H]2[C@H](c3ccccn3)NC(=S)N2c2ccccc2F)c(C)n1-c1ccc(O)cc1. The molecule has 0 amide bonds. The zero-order valence-corrected chi connectivity index (χ0v) is 19.1. The maximum Gasteiger partial charge on any atom is 0.174 e. The minimum Gasteiger partial charge on any atom is -0.508 e. The van der Waals surface area contributed by atoms with Crippen molar-refractivity contribution in [1.29, 1.82) is 0 Å². The molecule has 1 aliphatic rings. The smallest absolute Gasteiger partial charge is 0.174 e. The van der Waals surface area contributed by atoms with Crippen molar-refractivity contribution in [3.8, 4) is 11.4 Å². The van der Waals surface area contributed by atoms with Crippen molar-refractivity contribution >= 4 is 23.0 Å². The van der Waals surface area contributed by atoms with Gasteiger partial charge < -0.3 is 19.9 Å². The summed E-state index contributed by atoms with van der Waals surface area (Å²) in [4.78, 5) is 6.43. The molecule has 2 N–H and O–H groups in total. The number of nitrogens with zero attached hydrogens (tertiary/aromatic N) is 3. The molecule has 1 saturated heterocycles. The van der Waals surface area contributed by atoms with Crippen molar-refractivity contribution < 1.29 is 9.50 Å². The third kappa shape index (κ3) is 3.64. The molecule has 0 saturated carbocycles. The lowest BCUT2D eigenvalue weighted by Gasteiger charge is -2.28. The van der Waals surface area contributed by atoms with Gasteiger partial charge in [-0.2, -0.15) is 0 Å². The highest BCUT2D eigenvalue weighted by atomic mass is 32.1. The van der Waals surface area contributed by atoms with E-state index < -0.39 is 0 Å². The molecule has 0 aliphatic carbocycles. The Hall–Kier alpha value is -3.71. The van der Waals surface area contributed by atoms with E-state index in [-0.39, 0.29) is 23.7 Å². The molecule has 1 aliphatic heterocycles. The number of nitrogens with one attached hydrogen (secondary N) is 1. The zero-order valence-electron chi connectivity index (χ0n) is 18.2. The molecule has 3 heterocycles. The van der Waals surface area contributed by atoms with Crippen LogP contribution in [0, 0.1) is 19.7 Å². The van der Waals surface area contributed by atoms with Gasteiger partial charge >= 0.3 is 0 Å². The summed E-state index contributed by atoms with van der Waals surface area (Å²) in [5, 5.41) is 13.6. The van der Waals surface area contributed by atoms with Gasteiger partial charge in [-0.1, -0.05) is 18.2 Å². The van der Waals surface area contributed by atoms with Crippen LogP contribution in [-0.2, 0) is 0 Å². The predicted octanol–water partition coefficient (Wildman–Crippen LogP) is 5.51. The highest BCUT2D eigenvalue weighted by Crippen LogP contribution is 2.44. The number of phenols is 1. The average Bonchev–Trinajstić information content (AvgIpc) is 3.31. The molecule has 2 atom stereocenters. The quantitative estimate of drug-likeness (QED) is 0.395. The van der Waals surface area contributed by atoms with Crippen LogP contribution >= 0.6 is 12.2 Å². The van der Waals surface area contributed by atoms with E-state index in [4.69, 9.17) is 12.2 Å². The van der Waals surface area contributed by atoms with Gasteiger partial charge in [0.15, 0.2) is 5.11 Å². The first-order valence-corrected chi connectivity index (χ1v) is 11.1. The van der Waals surface area contributed by atoms with Gasteiger partial charge in [0.2, 0.25) is 0 Å². The maximum atomic E-state index is 14.9. The summed E-state index contributed by atoms with van der Waals surface area (Å²) in [7, 11) is 0. The lowest BCUT2D eigenvalue weighted by molar-refractivity contribution is 0.475. The second-order valence-electron chi connectivity index (χ2n) is 8.13. The molecular formula is C26H23FN4OS. The summed E-state index contributed by atoms with van der Waals surface area (Å²) in [6, 6.07) is 21.1. The Kier molecular flexibility index (Phi) is 5.34. The number of aromatic nitrogens is 2. The van der Waals surface area contributed by atoms with Crippen molar-refractivity contribution in [3.05, 3.63) is 107 Å². The summed E-state index contributed by atoms with van der Waals surface area (Å²) in [5.74, 6) is -0.117. The number of pyridine rings is 1. The van der Waals surface area contributed by atoms with E-state index in [0.717, 1.165) is 28.3 Å². The van der Waals surface area contributed by atoms with Gasteiger partial charge in [-0.3, -0.25) is 4.98 Å². The van der Waals surface area contributed by atoms with Gasteiger partial charge in [0.05, 0.1) is 23.5 Å². The van der Waals surface area contributed by atoms with Gasteiger partial charge in [0.1, 0.15) is 11.6 Å². The standard InChI is InChI=1S/C26H23FN4OS/c1-16-15-20(17(2)30(16)18-10-12-19(32)13-11-18)25-24(22-8-5-6-14-28-22)29-26(33)31(25)23-9-4-3-7-21(23)27/h3-15,24-25,32H,1-2H3,(H,29,33)/t24-,25-/m0/s1. The molecule has 1 fully saturated rings. The van der Waals surface area contributed by atoms with Gasteiger partial charge in [0, 0.05) is 23.3 Å². The molecule has 0 unspecified atom stereocenters. The van der Waals surface area contributed by atoms with Crippen LogP contribution in [0.1, 0.15) is 34.7 Å². The highest BCUT2D eigenvalue weighted by molar-refractivity contribution is 7.80. The normalized spacial score (nSPS) is 17.9. The molecule has 0 bridgehead atoms. The van der Waals surface area contributed by atoms with Crippen LogP contribution in [0.2, 0.25) is 0 Å². The van der Waals surface area contributed by atoms with Crippen LogP contribution in [0.3, 0.4) is 0 Å². The minimum absolute atomic E-state index is 0.215. The maximum absolute atomic E-state index is 14.9. The Labute approximate surface area is 197 Å². The summed E-state index contributed by atoms with van der Waals surface area (Å²) in [6.07, 6.45) is 1.75. The topological polar surface area (TPSA) is 53.3 Å². The average molecular weight is 459 g/mol. The number of anilines is 1. The Balaban J connectivity index is 1.69. The van der Waals surface area contributed by atoms with Gasteiger partial charge in [0.25, 0.3) is 0 Å². The van der Waals surface area contributed by atoms with Crippen LogP contribution in [0.15, 0.2) is 79.0 Å². The van der Waals surface area contributed by atoms with E-state index in [0.29, 0.717) is 10.8 Å². The first kappa shape index (κ1) is 21.2. The fourth-order valence-corrected chi connectivity index (χ4v) is 5.00. The van der Waals surface area contributed by atoms with E-state index in [1.54, 1.807) is 30.5 Å². The molecule has 33 heavy (non-hydrogen) atoms. The Bertz CT molecular complexity index is 1320. The minimum atomic E-state index is -0.333. The zero-order chi connectivity index (χ0) is 23.1. The van der Waals surface area contributed by atoms with E-state index in [9.17, 15) is 9.50 Å². The van der Waals surface area contributed by atoms with E-state index >= 15 is 0 Å². The largest absolute Gasteiger partial charge is 0.508 e. The monoisotopic (exact) mass is 458 g/mol. The third-order valence-electron chi connectivity index (χ3n) is 6.11. The van der Waals surface area contributed by atoms with Crippen LogP contribution in [0.5, 0.6) is 5.75 Å². The highest BCUT2D eigenvalue weighted by Gasteiger charge is 2.43. The number of aromatic hydroxyl groups is 1. The first-order chi connectivity index (χ1) is 16.0. The van der Waals surface area contributed by atoms with Gasteiger partial charge in [-0.05, 0) is 86.2 Å². The summed E-state index contributed by atoms with van der Waals surface area (Å²) < 4.78 is 17.1. The van der Waals surface area contributed by atoms with Crippen molar-refractivity contribution in [2.45, 2.75) is 25.9 Å². The number of thiocarbonyl (C=S) groups is 1. The molecule has 5 nitrogen and oxygen atoms in total. The van der Waals surface area contributed by atoms with Crippen LogP contribution in [0.4, 0.5) is 10.1 Å². The molecule has 4 aromatic rings. The van der Waals surface area contributed by atoms with E-state index in [2.05, 4.69) is 20.9 Å². The van der Waals surface area contributed by atoms with Gasteiger partial charge in [-0.25, -0.2) is 4.39 Å². The summed E-state index contributed by atoms with van der Waals surface area (Å²) in [5.41, 5.74) is 5.25. The van der Waals surface area contributed by atoms with Crippen LogP contribution in [-0.4, -0.2) is 19.8 Å². The Morgan fingerprint density at radius 1 is 1.00 bits per heavy atom. The number of hydrogen-bond donors (Lipinski definition) is 2.